The molecule has 3 rings (SSSR count). The predicted molar refractivity (Wildman–Crippen MR) is 62.7 cm³/mol. The molecule has 0 bridgehead atoms. The van der Waals surface area contributed by atoms with E-state index in [1.807, 2.05) is 24.3 Å². The highest BCUT2D eigenvalue weighted by molar-refractivity contribution is 5.75. The van der Waals surface area contributed by atoms with Crippen molar-refractivity contribution >= 4 is 11.0 Å². The maximum absolute atomic E-state index is 9.96. The first kappa shape index (κ1) is 11.6. The fourth-order valence-electron chi connectivity index (χ4n) is 2.29. The standard InChI is InChI=1S/C12H14N2O4/c15-5-9-10(16)11(17)12(18-9)14-6-13-7-3-1-2-4-8(7)14/h1-4,6,9-12,15-17H,5H2/t9-,10-,11-,12-/m1/s1. The van der Waals surface area contributed by atoms with Gasteiger partial charge in [0.05, 0.1) is 24.0 Å². The average molecular weight is 250 g/mol. The number of aromatic nitrogens is 2. The Bertz CT molecular complexity index is 556. The summed E-state index contributed by atoms with van der Waals surface area (Å²) in [5, 5.41) is 28.7. The molecule has 1 fully saturated rings. The van der Waals surface area contributed by atoms with Crippen LogP contribution in [-0.2, 0) is 4.74 Å². The van der Waals surface area contributed by atoms with Crippen molar-refractivity contribution in [3.63, 3.8) is 0 Å². The molecule has 6 nitrogen and oxygen atoms in total. The molecule has 0 saturated carbocycles. The van der Waals surface area contributed by atoms with Gasteiger partial charge in [-0.15, -0.1) is 0 Å². The van der Waals surface area contributed by atoms with Gasteiger partial charge >= 0.3 is 0 Å². The molecule has 96 valence electrons. The lowest BCUT2D eigenvalue weighted by Crippen LogP contribution is -2.33. The molecule has 4 atom stereocenters. The molecule has 0 aliphatic carbocycles. The third-order valence-electron chi connectivity index (χ3n) is 3.27. The monoisotopic (exact) mass is 250 g/mol. The van der Waals surface area contributed by atoms with E-state index in [4.69, 9.17) is 9.84 Å². The highest BCUT2D eigenvalue weighted by Gasteiger charge is 2.43. The lowest BCUT2D eigenvalue weighted by atomic mass is 10.1. The number of ether oxygens (including phenoxy) is 1. The van der Waals surface area contributed by atoms with E-state index < -0.39 is 24.5 Å². The topological polar surface area (TPSA) is 87.7 Å². The molecule has 0 amide bonds. The van der Waals surface area contributed by atoms with Crippen LogP contribution in [0.3, 0.4) is 0 Å². The van der Waals surface area contributed by atoms with Gasteiger partial charge in [0.2, 0.25) is 0 Å². The normalized spacial score (nSPS) is 32.2. The highest BCUT2D eigenvalue weighted by atomic mass is 16.6. The maximum atomic E-state index is 9.96. The lowest BCUT2D eigenvalue weighted by molar-refractivity contribution is -0.0508. The molecule has 1 aromatic carbocycles. The second-order valence-corrected chi connectivity index (χ2v) is 4.37. The van der Waals surface area contributed by atoms with Crippen LogP contribution in [0, 0.1) is 0 Å². The molecule has 0 unspecified atom stereocenters. The zero-order chi connectivity index (χ0) is 12.7. The van der Waals surface area contributed by atoms with Gasteiger partial charge in [-0.3, -0.25) is 0 Å². The van der Waals surface area contributed by atoms with E-state index in [9.17, 15) is 10.2 Å². The SMILES string of the molecule is OC[C@H]1O[C@@H](n2cnc3ccccc32)[C@H](O)[C@@H]1O. The first-order valence-corrected chi connectivity index (χ1v) is 5.76. The summed E-state index contributed by atoms with van der Waals surface area (Å²) >= 11 is 0. The first-order chi connectivity index (χ1) is 8.72. The Kier molecular flexibility index (Phi) is 2.79. The van der Waals surface area contributed by atoms with Crippen LogP contribution in [0.5, 0.6) is 0 Å². The minimum absolute atomic E-state index is 0.332. The molecule has 3 N–H and O–H groups in total. The van der Waals surface area contributed by atoms with Gasteiger partial charge in [0.1, 0.15) is 18.3 Å². The van der Waals surface area contributed by atoms with E-state index in [2.05, 4.69) is 4.98 Å². The van der Waals surface area contributed by atoms with Crippen molar-refractivity contribution in [2.75, 3.05) is 6.61 Å². The number of fused-ring (bicyclic) bond motifs is 1. The number of aliphatic hydroxyl groups is 3. The van der Waals surface area contributed by atoms with Gasteiger partial charge in [0.25, 0.3) is 0 Å². The number of aliphatic hydroxyl groups excluding tert-OH is 3. The summed E-state index contributed by atoms with van der Waals surface area (Å²) in [6.07, 6.45) is -2.12. The lowest BCUT2D eigenvalue weighted by Gasteiger charge is -2.16. The van der Waals surface area contributed by atoms with E-state index in [1.165, 1.54) is 0 Å². The molecule has 0 radical (unpaired) electrons. The van der Waals surface area contributed by atoms with E-state index in [-0.39, 0.29) is 6.61 Å². The fraction of sp³-hybridized carbons (Fsp3) is 0.417. The van der Waals surface area contributed by atoms with Gasteiger partial charge in [0, 0.05) is 0 Å². The minimum Gasteiger partial charge on any atom is -0.394 e. The van der Waals surface area contributed by atoms with Gasteiger partial charge in [-0.1, -0.05) is 12.1 Å². The van der Waals surface area contributed by atoms with E-state index in [0.29, 0.717) is 0 Å². The first-order valence-electron chi connectivity index (χ1n) is 5.76. The van der Waals surface area contributed by atoms with Crippen molar-refractivity contribution in [3.8, 4) is 0 Å². The average Bonchev–Trinajstić information content (AvgIpc) is 2.93. The van der Waals surface area contributed by atoms with Gasteiger partial charge < -0.3 is 24.6 Å². The number of para-hydroxylation sites is 2. The molecule has 0 spiro atoms. The fourth-order valence-corrected chi connectivity index (χ4v) is 2.29. The van der Waals surface area contributed by atoms with Crippen molar-refractivity contribution in [1.29, 1.82) is 0 Å². The number of hydrogen-bond acceptors (Lipinski definition) is 5. The number of hydrogen-bond donors (Lipinski definition) is 3. The highest BCUT2D eigenvalue weighted by Crippen LogP contribution is 2.31. The summed E-state index contributed by atoms with van der Waals surface area (Å²) in [4.78, 5) is 4.20. The molecule has 1 saturated heterocycles. The number of imidazole rings is 1. The van der Waals surface area contributed by atoms with Crippen molar-refractivity contribution in [2.45, 2.75) is 24.5 Å². The van der Waals surface area contributed by atoms with E-state index in [1.54, 1.807) is 10.9 Å². The van der Waals surface area contributed by atoms with Crippen molar-refractivity contribution in [2.24, 2.45) is 0 Å². The second kappa shape index (κ2) is 4.33. The zero-order valence-electron chi connectivity index (χ0n) is 9.55. The van der Waals surface area contributed by atoms with E-state index >= 15 is 0 Å². The Morgan fingerprint density at radius 1 is 1.22 bits per heavy atom. The summed E-state index contributed by atoms with van der Waals surface area (Å²) in [6.45, 7) is -0.332. The predicted octanol–water partition coefficient (Wildman–Crippen LogP) is -0.352. The summed E-state index contributed by atoms with van der Waals surface area (Å²) in [7, 11) is 0. The number of benzene rings is 1. The van der Waals surface area contributed by atoms with Gasteiger partial charge in [-0.05, 0) is 12.1 Å². The van der Waals surface area contributed by atoms with Crippen LogP contribution in [0.4, 0.5) is 0 Å². The summed E-state index contributed by atoms with van der Waals surface area (Å²) < 4.78 is 7.13. The van der Waals surface area contributed by atoms with Crippen LogP contribution < -0.4 is 0 Å². The smallest absolute Gasteiger partial charge is 0.164 e. The van der Waals surface area contributed by atoms with Gasteiger partial charge in [-0.25, -0.2) is 4.98 Å². The molecule has 1 aliphatic heterocycles. The number of rotatable bonds is 2. The summed E-state index contributed by atoms with van der Waals surface area (Å²) in [6, 6.07) is 7.45. The Balaban J connectivity index is 2.00. The molecule has 1 aromatic heterocycles. The molecule has 1 aliphatic rings. The molecule has 6 heteroatoms. The molecule has 2 heterocycles. The van der Waals surface area contributed by atoms with Crippen LogP contribution in [0.2, 0.25) is 0 Å². The Labute approximate surface area is 103 Å². The van der Waals surface area contributed by atoms with Crippen molar-refractivity contribution in [3.05, 3.63) is 30.6 Å². The van der Waals surface area contributed by atoms with Crippen LogP contribution in [0.1, 0.15) is 6.23 Å². The third kappa shape index (κ3) is 1.62. The van der Waals surface area contributed by atoms with E-state index in [0.717, 1.165) is 11.0 Å². The Morgan fingerprint density at radius 3 is 2.72 bits per heavy atom. The van der Waals surface area contributed by atoms with Crippen LogP contribution >= 0.6 is 0 Å². The van der Waals surface area contributed by atoms with Crippen LogP contribution in [0.25, 0.3) is 11.0 Å². The van der Waals surface area contributed by atoms with Crippen LogP contribution in [0.15, 0.2) is 30.6 Å². The largest absolute Gasteiger partial charge is 0.394 e. The maximum Gasteiger partial charge on any atom is 0.164 e. The quantitative estimate of drug-likeness (QED) is 0.678. The van der Waals surface area contributed by atoms with Gasteiger partial charge in [-0.2, -0.15) is 0 Å². The third-order valence-corrected chi connectivity index (χ3v) is 3.27. The number of nitrogens with zero attached hydrogens (tertiary/aromatic N) is 2. The van der Waals surface area contributed by atoms with Crippen molar-refractivity contribution < 1.29 is 20.1 Å². The Morgan fingerprint density at radius 2 is 2.00 bits per heavy atom. The molecule has 18 heavy (non-hydrogen) atoms. The second-order valence-electron chi connectivity index (χ2n) is 4.37. The Hall–Kier alpha value is -1.47. The molecule has 2 aromatic rings. The van der Waals surface area contributed by atoms with Crippen molar-refractivity contribution in [1.82, 2.24) is 9.55 Å². The summed E-state index contributed by atoms with van der Waals surface area (Å²) in [5.41, 5.74) is 1.60. The molecular weight excluding hydrogens is 236 g/mol. The summed E-state index contributed by atoms with van der Waals surface area (Å²) in [5.74, 6) is 0. The minimum atomic E-state index is -1.10. The molecular formula is C12H14N2O4. The zero-order valence-corrected chi connectivity index (χ0v) is 9.55. The van der Waals surface area contributed by atoms with Crippen LogP contribution in [-0.4, -0.2) is 49.8 Å². The van der Waals surface area contributed by atoms with Gasteiger partial charge in [0.15, 0.2) is 6.23 Å².